The van der Waals surface area contributed by atoms with Gasteiger partial charge in [-0.15, -0.1) is 0 Å². The highest BCUT2D eigenvalue weighted by Crippen LogP contribution is 2.09. The van der Waals surface area contributed by atoms with Crippen LogP contribution in [-0.4, -0.2) is 110 Å². The zero-order valence-corrected chi connectivity index (χ0v) is 24.4. The summed E-state index contributed by atoms with van der Waals surface area (Å²) in [5.41, 5.74) is 2.49. The molecule has 38 heavy (non-hydrogen) atoms. The van der Waals surface area contributed by atoms with Crippen molar-refractivity contribution in [3.05, 3.63) is 71.8 Å². The Labute approximate surface area is 232 Å². The van der Waals surface area contributed by atoms with Gasteiger partial charge in [0.2, 0.25) is 0 Å². The van der Waals surface area contributed by atoms with Gasteiger partial charge >= 0.3 is 0 Å². The van der Waals surface area contributed by atoms with Crippen LogP contribution in [0.5, 0.6) is 0 Å². The second kappa shape index (κ2) is 17.7. The van der Waals surface area contributed by atoms with E-state index >= 15 is 0 Å². The SMILES string of the molecule is CCN1CCN(C(C)COCc2ccccc2)CCN(CC)CCN(C(C)COCc2ccccc2)CC1. The van der Waals surface area contributed by atoms with Crippen molar-refractivity contribution in [1.29, 1.82) is 0 Å². The van der Waals surface area contributed by atoms with E-state index in [0.29, 0.717) is 25.3 Å². The molecule has 0 spiro atoms. The van der Waals surface area contributed by atoms with Gasteiger partial charge < -0.3 is 19.3 Å². The third kappa shape index (κ3) is 11.1. The van der Waals surface area contributed by atoms with Crippen molar-refractivity contribution < 1.29 is 9.47 Å². The average Bonchev–Trinajstić information content (AvgIpc) is 2.94. The van der Waals surface area contributed by atoms with E-state index in [0.717, 1.165) is 78.7 Å². The predicted octanol–water partition coefficient (Wildman–Crippen LogP) is 4.46. The first-order chi connectivity index (χ1) is 18.6. The molecule has 0 saturated carbocycles. The Morgan fingerprint density at radius 3 is 1.21 bits per heavy atom. The highest BCUT2D eigenvalue weighted by Gasteiger charge is 2.21. The molecular weight excluding hydrogens is 472 g/mol. The summed E-state index contributed by atoms with van der Waals surface area (Å²) < 4.78 is 12.3. The lowest BCUT2D eigenvalue weighted by Crippen LogP contribution is -2.50. The highest BCUT2D eigenvalue weighted by atomic mass is 16.5. The van der Waals surface area contributed by atoms with Gasteiger partial charge in [0.25, 0.3) is 0 Å². The molecule has 0 radical (unpaired) electrons. The number of ether oxygens (including phenoxy) is 2. The minimum Gasteiger partial charge on any atom is -0.375 e. The molecule has 0 N–H and O–H groups in total. The maximum atomic E-state index is 6.13. The maximum absolute atomic E-state index is 6.13. The topological polar surface area (TPSA) is 31.4 Å². The molecule has 0 aliphatic carbocycles. The van der Waals surface area contributed by atoms with E-state index < -0.39 is 0 Å². The lowest BCUT2D eigenvalue weighted by atomic mass is 10.2. The van der Waals surface area contributed by atoms with Crippen LogP contribution in [0.25, 0.3) is 0 Å². The molecule has 2 atom stereocenters. The van der Waals surface area contributed by atoms with Gasteiger partial charge in [0.05, 0.1) is 26.4 Å². The molecule has 3 rings (SSSR count). The van der Waals surface area contributed by atoms with Gasteiger partial charge in [-0.25, -0.2) is 0 Å². The van der Waals surface area contributed by atoms with E-state index in [1.807, 2.05) is 0 Å². The summed E-state index contributed by atoms with van der Waals surface area (Å²) in [6.45, 7) is 23.0. The molecule has 1 heterocycles. The Bertz CT molecular complexity index is 766. The molecule has 6 nitrogen and oxygen atoms in total. The number of hydrogen-bond donors (Lipinski definition) is 0. The van der Waals surface area contributed by atoms with Crippen LogP contribution < -0.4 is 0 Å². The number of hydrogen-bond acceptors (Lipinski definition) is 6. The molecule has 0 amide bonds. The summed E-state index contributed by atoms with van der Waals surface area (Å²) in [5, 5.41) is 0. The molecule has 212 valence electrons. The number of rotatable bonds is 12. The van der Waals surface area contributed by atoms with Crippen molar-refractivity contribution in [1.82, 2.24) is 19.6 Å². The van der Waals surface area contributed by atoms with Crippen LogP contribution >= 0.6 is 0 Å². The molecule has 1 aliphatic heterocycles. The highest BCUT2D eigenvalue weighted by molar-refractivity contribution is 5.14. The Hall–Kier alpha value is -1.80. The molecule has 1 saturated heterocycles. The van der Waals surface area contributed by atoms with Gasteiger partial charge in [-0.2, -0.15) is 0 Å². The minimum absolute atomic E-state index is 0.400. The van der Waals surface area contributed by atoms with Crippen LogP contribution in [-0.2, 0) is 22.7 Å². The van der Waals surface area contributed by atoms with Crippen LogP contribution in [0.3, 0.4) is 0 Å². The van der Waals surface area contributed by atoms with Gasteiger partial charge in [-0.05, 0) is 38.1 Å². The van der Waals surface area contributed by atoms with Crippen LogP contribution in [0.1, 0.15) is 38.8 Å². The molecule has 6 heteroatoms. The van der Waals surface area contributed by atoms with E-state index in [1.54, 1.807) is 0 Å². The summed E-state index contributed by atoms with van der Waals surface area (Å²) in [6, 6.07) is 21.8. The van der Waals surface area contributed by atoms with Crippen molar-refractivity contribution in [3.63, 3.8) is 0 Å². The largest absolute Gasteiger partial charge is 0.375 e. The molecule has 1 aliphatic rings. The summed E-state index contributed by atoms with van der Waals surface area (Å²) in [5.74, 6) is 0. The maximum Gasteiger partial charge on any atom is 0.0717 e. The third-order valence-corrected chi connectivity index (χ3v) is 7.90. The van der Waals surface area contributed by atoms with Crippen LogP contribution in [0.4, 0.5) is 0 Å². The predicted molar refractivity (Wildman–Crippen MR) is 158 cm³/mol. The molecule has 0 bridgehead atoms. The summed E-state index contributed by atoms with van der Waals surface area (Å²) in [6.07, 6.45) is 0. The standard InChI is InChI=1S/C32H52N4O2/c1-5-33-17-21-35(29(3)25-37-27-31-13-9-7-10-14-31)23-19-34(6-2)20-24-36(22-18-33)30(4)26-38-28-32-15-11-8-12-16-32/h7-16,29-30H,5-6,17-28H2,1-4H3. The second-order valence-corrected chi connectivity index (χ2v) is 10.6. The van der Waals surface area contributed by atoms with E-state index in [4.69, 9.17) is 9.47 Å². The Balaban J connectivity index is 1.52. The smallest absolute Gasteiger partial charge is 0.0717 e. The molecule has 1 fully saturated rings. The van der Waals surface area contributed by atoms with Gasteiger partial charge in [-0.1, -0.05) is 74.5 Å². The summed E-state index contributed by atoms with van der Waals surface area (Å²) in [4.78, 5) is 10.5. The lowest BCUT2D eigenvalue weighted by molar-refractivity contribution is 0.0334. The normalized spacial score (nSPS) is 19.5. The fourth-order valence-corrected chi connectivity index (χ4v) is 5.09. The first-order valence-electron chi connectivity index (χ1n) is 14.7. The second-order valence-electron chi connectivity index (χ2n) is 10.6. The van der Waals surface area contributed by atoms with E-state index in [1.165, 1.54) is 11.1 Å². The van der Waals surface area contributed by atoms with E-state index in [9.17, 15) is 0 Å². The Kier molecular flexibility index (Phi) is 14.3. The van der Waals surface area contributed by atoms with E-state index in [-0.39, 0.29) is 0 Å². The molecule has 0 aromatic heterocycles. The number of benzene rings is 2. The molecule has 2 aromatic carbocycles. The minimum atomic E-state index is 0.400. The summed E-state index contributed by atoms with van der Waals surface area (Å²) >= 11 is 0. The number of likely N-dealkylation sites (N-methyl/N-ethyl adjacent to an activating group) is 2. The lowest BCUT2D eigenvalue weighted by Gasteiger charge is -2.37. The van der Waals surface area contributed by atoms with E-state index in [2.05, 4.69) is 108 Å². The van der Waals surface area contributed by atoms with Crippen molar-refractivity contribution in [3.8, 4) is 0 Å². The van der Waals surface area contributed by atoms with Crippen molar-refractivity contribution in [2.24, 2.45) is 0 Å². The first kappa shape index (κ1) is 30.7. The molecule has 2 aromatic rings. The monoisotopic (exact) mass is 524 g/mol. The molecular formula is C32H52N4O2. The third-order valence-electron chi connectivity index (χ3n) is 7.90. The summed E-state index contributed by atoms with van der Waals surface area (Å²) in [7, 11) is 0. The van der Waals surface area contributed by atoms with Gasteiger partial charge in [0.1, 0.15) is 0 Å². The fourth-order valence-electron chi connectivity index (χ4n) is 5.09. The van der Waals surface area contributed by atoms with Crippen LogP contribution in [0, 0.1) is 0 Å². The van der Waals surface area contributed by atoms with Crippen molar-refractivity contribution >= 4 is 0 Å². The average molecular weight is 525 g/mol. The Morgan fingerprint density at radius 2 is 0.895 bits per heavy atom. The van der Waals surface area contributed by atoms with Crippen LogP contribution in [0.2, 0.25) is 0 Å². The first-order valence-corrected chi connectivity index (χ1v) is 14.7. The Morgan fingerprint density at radius 1 is 0.553 bits per heavy atom. The van der Waals surface area contributed by atoms with Gasteiger partial charge in [0, 0.05) is 64.4 Å². The van der Waals surface area contributed by atoms with Crippen molar-refractivity contribution in [2.75, 3.05) is 78.7 Å². The zero-order chi connectivity index (χ0) is 27.0. The molecule has 2 unspecified atom stereocenters. The number of nitrogens with zero attached hydrogens (tertiary/aromatic N) is 4. The van der Waals surface area contributed by atoms with Gasteiger partial charge in [-0.3, -0.25) is 9.80 Å². The zero-order valence-electron chi connectivity index (χ0n) is 24.4. The quantitative estimate of drug-likeness (QED) is 0.408. The fraction of sp³-hybridized carbons (Fsp3) is 0.625. The van der Waals surface area contributed by atoms with Crippen LogP contribution in [0.15, 0.2) is 60.7 Å². The van der Waals surface area contributed by atoms with Gasteiger partial charge in [0.15, 0.2) is 0 Å². The van der Waals surface area contributed by atoms with Crippen molar-refractivity contribution in [2.45, 2.75) is 53.0 Å².